The van der Waals surface area contributed by atoms with Crippen molar-refractivity contribution in [1.82, 2.24) is 10.2 Å². The highest BCUT2D eigenvalue weighted by atomic mass is 16.1. The van der Waals surface area contributed by atoms with Gasteiger partial charge in [-0.25, -0.2) is 5.10 Å². The molecule has 1 N–H and O–H groups in total. The molecule has 0 aromatic carbocycles. The molecule has 2 rings (SSSR count). The molecule has 0 saturated carbocycles. The zero-order valence-electron chi connectivity index (χ0n) is 9.21. The van der Waals surface area contributed by atoms with Crippen LogP contribution in [-0.4, -0.2) is 10.2 Å². The van der Waals surface area contributed by atoms with Crippen LogP contribution in [0.15, 0.2) is 16.9 Å². The van der Waals surface area contributed by atoms with Gasteiger partial charge in [0.1, 0.15) is 0 Å². The third kappa shape index (κ3) is 2.17. The van der Waals surface area contributed by atoms with Crippen LogP contribution >= 0.6 is 0 Å². The van der Waals surface area contributed by atoms with Crippen LogP contribution in [0, 0.1) is 12.8 Å². The molecule has 1 aliphatic carbocycles. The highest BCUT2D eigenvalue weighted by Crippen LogP contribution is 2.29. The second-order valence-electron chi connectivity index (χ2n) is 4.37. The number of H-pyrrole nitrogens is 1. The van der Waals surface area contributed by atoms with Gasteiger partial charge < -0.3 is 0 Å². The van der Waals surface area contributed by atoms with Gasteiger partial charge in [0.05, 0.1) is 5.69 Å². The summed E-state index contributed by atoms with van der Waals surface area (Å²) in [5.74, 6) is 0.775. The standard InChI is InChI=1S/C12H16N2O/c1-8-3-5-10(6-4-8)12-9(2)7-11(15)13-14-12/h5,7-8H,3-4,6H2,1-2H3,(H,13,15). The van der Waals surface area contributed by atoms with Crippen molar-refractivity contribution in [3.05, 3.63) is 33.8 Å². The van der Waals surface area contributed by atoms with Crippen LogP contribution in [0.1, 0.15) is 37.4 Å². The quantitative estimate of drug-likeness (QED) is 0.762. The second-order valence-corrected chi connectivity index (χ2v) is 4.37. The molecule has 3 nitrogen and oxygen atoms in total. The van der Waals surface area contributed by atoms with Gasteiger partial charge >= 0.3 is 0 Å². The Bertz CT molecular complexity index is 445. The monoisotopic (exact) mass is 204 g/mol. The summed E-state index contributed by atoms with van der Waals surface area (Å²) in [4.78, 5) is 11.0. The molecule has 1 aliphatic rings. The lowest BCUT2D eigenvalue weighted by Gasteiger charge is -2.18. The molecule has 0 saturated heterocycles. The summed E-state index contributed by atoms with van der Waals surface area (Å²) >= 11 is 0. The zero-order valence-corrected chi connectivity index (χ0v) is 9.21. The van der Waals surface area contributed by atoms with Crippen LogP contribution < -0.4 is 5.56 Å². The number of nitrogens with one attached hydrogen (secondary N) is 1. The lowest BCUT2D eigenvalue weighted by atomic mass is 9.89. The fraction of sp³-hybridized carbons (Fsp3) is 0.500. The maximum absolute atomic E-state index is 11.0. The molecule has 0 bridgehead atoms. The average Bonchev–Trinajstić information content (AvgIpc) is 2.20. The Labute approximate surface area is 89.2 Å². The Morgan fingerprint density at radius 3 is 2.93 bits per heavy atom. The molecular weight excluding hydrogens is 188 g/mol. The van der Waals surface area contributed by atoms with E-state index in [1.807, 2.05) is 6.92 Å². The first-order chi connectivity index (χ1) is 7.16. The molecule has 3 heteroatoms. The van der Waals surface area contributed by atoms with Gasteiger partial charge in [-0.2, -0.15) is 5.10 Å². The number of hydrogen-bond donors (Lipinski definition) is 1. The third-order valence-corrected chi connectivity index (χ3v) is 2.98. The number of aromatic nitrogens is 2. The Morgan fingerprint density at radius 2 is 2.33 bits per heavy atom. The molecule has 1 aromatic heterocycles. The van der Waals surface area contributed by atoms with Crippen molar-refractivity contribution in [2.24, 2.45) is 5.92 Å². The largest absolute Gasteiger partial charge is 0.268 e. The van der Waals surface area contributed by atoms with E-state index in [4.69, 9.17) is 0 Å². The zero-order chi connectivity index (χ0) is 10.8. The summed E-state index contributed by atoms with van der Waals surface area (Å²) < 4.78 is 0. The molecule has 80 valence electrons. The lowest BCUT2D eigenvalue weighted by Crippen LogP contribution is -2.11. The van der Waals surface area contributed by atoms with E-state index in [0.717, 1.165) is 30.0 Å². The highest BCUT2D eigenvalue weighted by Gasteiger charge is 2.14. The van der Waals surface area contributed by atoms with Gasteiger partial charge in [0.15, 0.2) is 0 Å². The van der Waals surface area contributed by atoms with E-state index in [1.165, 1.54) is 12.0 Å². The number of allylic oxidation sites excluding steroid dienone is 2. The Morgan fingerprint density at radius 1 is 1.53 bits per heavy atom. The molecule has 0 fully saturated rings. The Balaban J connectivity index is 2.34. The fourth-order valence-electron chi connectivity index (χ4n) is 2.00. The number of aryl methyl sites for hydroxylation is 1. The van der Waals surface area contributed by atoms with E-state index in [1.54, 1.807) is 6.07 Å². The Kier molecular flexibility index (Phi) is 2.71. The minimum Gasteiger partial charge on any atom is -0.268 e. The first-order valence-corrected chi connectivity index (χ1v) is 5.42. The van der Waals surface area contributed by atoms with Gasteiger partial charge in [-0.15, -0.1) is 0 Å². The van der Waals surface area contributed by atoms with Crippen LogP contribution in [0.2, 0.25) is 0 Å². The van der Waals surface area contributed by atoms with Crippen LogP contribution in [-0.2, 0) is 0 Å². The first-order valence-electron chi connectivity index (χ1n) is 5.42. The number of nitrogens with zero attached hydrogens (tertiary/aromatic N) is 1. The van der Waals surface area contributed by atoms with Crippen LogP contribution in [0.3, 0.4) is 0 Å². The van der Waals surface area contributed by atoms with Crippen molar-refractivity contribution in [2.75, 3.05) is 0 Å². The summed E-state index contributed by atoms with van der Waals surface area (Å²) in [7, 11) is 0. The molecule has 15 heavy (non-hydrogen) atoms. The van der Waals surface area contributed by atoms with Crippen molar-refractivity contribution in [3.63, 3.8) is 0 Å². The predicted molar refractivity (Wildman–Crippen MR) is 60.6 cm³/mol. The van der Waals surface area contributed by atoms with Gasteiger partial charge in [0, 0.05) is 6.07 Å². The lowest BCUT2D eigenvalue weighted by molar-refractivity contribution is 0.532. The third-order valence-electron chi connectivity index (χ3n) is 2.98. The normalized spacial score (nSPS) is 21.2. The van der Waals surface area contributed by atoms with Crippen LogP contribution in [0.25, 0.3) is 5.57 Å². The van der Waals surface area contributed by atoms with E-state index in [2.05, 4.69) is 23.2 Å². The van der Waals surface area contributed by atoms with Gasteiger partial charge in [0.25, 0.3) is 5.56 Å². The Hall–Kier alpha value is -1.38. The van der Waals surface area contributed by atoms with Crippen molar-refractivity contribution in [2.45, 2.75) is 33.1 Å². The second kappa shape index (κ2) is 4.01. The summed E-state index contributed by atoms with van der Waals surface area (Å²) in [5, 5.41) is 6.62. The number of rotatable bonds is 1. The molecule has 0 amide bonds. The average molecular weight is 204 g/mol. The van der Waals surface area contributed by atoms with Gasteiger partial charge in [-0.1, -0.05) is 13.0 Å². The van der Waals surface area contributed by atoms with Crippen molar-refractivity contribution < 1.29 is 0 Å². The van der Waals surface area contributed by atoms with Crippen molar-refractivity contribution in [1.29, 1.82) is 0 Å². The summed E-state index contributed by atoms with van der Waals surface area (Å²) in [6, 6.07) is 1.61. The number of aromatic amines is 1. The molecule has 0 aliphatic heterocycles. The maximum Gasteiger partial charge on any atom is 0.264 e. The molecule has 0 radical (unpaired) electrons. The van der Waals surface area contributed by atoms with Crippen molar-refractivity contribution in [3.8, 4) is 0 Å². The molecule has 1 aromatic rings. The summed E-state index contributed by atoms with van der Waals surface area (Å²) in [6.45, 7) is 4.21. The smallest absolute Gasteiger partial charge is 0.264 e. The maximum atomic E-state index is 11.0. The van der Waals surface area contributed by atoms with Gasteiger partial charge in [-0.3, -0.25) is 4.79 Å². The predicted octanol–water partition coefficient (Wildman–Crippen LogP) is 2.28. The molecule has 1 unspecified atom stereocenters. The topological polar surface area (TPSA) is 45.8 Å². The highest BCUT2D eigenvalue weighted by molar-refractivity contribution is 5.65. The van der Waals surface area contributed by atoms with E-state index in [-0.39, 0.29) is 5.56 Å². The van der Waals surface area contributed by atoms with Gasteiger partial charge in [0.2, 0.25) is 0 Å². The van der Waals surface area contributed by atoms with E-state index < -0.39 is 0 Å². The van der Waals surface area contributed by atoms with Gasteiger partial charge in [-0.05, 0) is 43.2 Å². The minimum absolute atomic E-state index is 0.124. The molecular formula is C12H16N2O. The summed E-state index contributed by atoms with van der Waals surface area (Å²) in [5.41, 5.74) is 3.09. The number of hydrogen-bond acceptors (Lipinski definition) is 2. The molecule has 0 spiro atoms. The van der Waals surface area contributed by atoms with E-state index in [0.29, 0.717) is 0 Å². The SMILES string of the molecule is Cc1cc(=O)[nH]nc1C1=CCC(C)CC1. The van der Waals surface area contributed by atoms with Crippen LogP contribution in [0.5, 0.6) is 0 Å². The molecule has 1 atom stereocenters. The van der Waals surface area contributed by atoms with E-state index in [9.17, 15) is 4.79 Å². The molecule has 1 heterocycles. The first kappa shape index (κ1) is 10.1. The van der Waals surface area contributed by atoms with Crippen molar-refractivity contribution >= 4 is 5.57 Å². The fourth-order valence-corrected chi connectivity index (χ4v) is 2.00. The summed E-state index contributed by atoms with van der Waals surface area (Å²) in [6.07, 6.45) is 5.66. The van der Waals surface area contributed by atoms with E-state index >= 15 is 0 Å². The minimum atomic E-state index is -0.124. The van der Waals surface area contributed by atoms with Crippen LogP contribution in [0.4, 0.5) is 0 Å².